The van der Waals surface area contributed by atoms with Gasteiger partial charge in [0.15, 0.2) is 5.82 Å². The summed E-state index contributed by atoms with van der Waals surface area (Å²) in [5.41, 5.74) is 7.20. The van der Waals surface area contributed by atoms with Crippen LogP contribution in [0.2, 0.25) is 0 Å². The molecule has 1 aliphatic rings. The molecule has 0 aliphatic heterocycles. The third-order valence-electron chi connectivity index (χ3n) is 5.25. The van der Waals surface area contributed by atoms with E-state index in [1.54, 1.807) is 18.9 Å². The molecule has 3 aromatic rings. The lowest BCUT2D eigenvalue weighted by atomic mass is 9.88. The van der Waals surface area contributed by atoms with E-state index < -0.39 is 0 Å². The third kappa shape index (κ3) is 2.62. The molecule has 1 unspecified atom stereocenters. The zero-order valence-electron chi connectivity index (χ0n) is 15.1. The summed E-state index contributed by atoms with van der Waals surface area (Å²) >= 11 is 0. The van der Waals surface area contributed by atoms with Crippen molar-refractivity contribution in [2.45, 2.75) is 40.0 Å². The number of carbonyl (C=O) groups is 1. The molecule has 0 spiro atoms. The summed E-state index contributed by atoms with van der Waals surface area (Å²) in [6.07, 6.45) is 3.29. The summed E-state index contributed by atoms with van der Waals surface area (Å²) in [7, 11) is 1.79. The average molecular weight is 337 g/mol. The van der Waals surface area contributed by atoms with Crippen LogP contribution in [-0.4, -0.2) is 33.1 Å². The number of nitrogens with one attached hydrogen (secondary N) is 2. The number of rotatable bonds is 2. The summed E-state index contributed by atoms with van der Waals surface area (Å²) < 4.78 is 0. The van der Waals surface area contributed by atoms with Crippen LogP contribution in [-0.2, 0) is 17.6 Å². The Balaban J connectivity index is 1.80. The van der Waals surface area contributed by atoms with Gasteiger partial charge >= 0.3 is 0 Å². The Morgan fingerprint density at radius 1 is 1.36 bits per heavy atom. The second-order valence-corrected chi connectivity index (χ2v) is 7.20. The second-order valence-electron chi connectivity index (χ2n) is 7.20. The fourth-order valence-electron chi connectivity index (χ4n) is 3.66. The van der Waals surface area contributed by atoms with Crippen LogP contribution in [0.5, 0.6) is 0 Å². The minimum absolute atomic E-state index is 0.00793. The van der Waals surface area contributed by atoms with Crippen molar-refractivity contribution in [3.63, 3.8) is 0 Å². The quantitative estimate of drug-likeness (QED) is 0.752. The zero-order valence-corrected chi connectivity index (χ0v) is 15.1. The van der Waals surface area contributed by atoms with Gasteiger partial charge in [0.2, 0.25) is 5.91 Å². The van der Waals surface area contributed by atoms with Gasteiger partial charge in [0.1, 0.15) is 5.69 Å². The minimum Gasteiger partial charge on any atom is -0.337 e. The summed E-state index contributed by atoms with van der Waals surface area (Å²) in [4.78, 5) is 21.5. The molecule has 0 radical (unpaired) electrons. The molecular weight excluding hydrogens is 314 g/mol. The molecule has 1 atom stereocenters. The fourth-order valence-corrected chi connectivity index (χ4v) is 3.66. The number of anilines is 1. The molecule has 1 aromatic carbocycles. The summed E-state index contributed by atoms with van der Waals surface area (Å²) in [6, 6.07) is 4.01. The Bertz CT molecular complexity index is 968. The molecule has 1 aliphatic carbocycles. The molecule has 2 N–H and O–H groups in total. The van der Waals surface area contributed by atoms with Gasteiger partial charge in [-0.1, -0.05) is 6.92 Å². The van der Waals surface area contributed by atoms with Gasteiger partial charge < -0.3 is 9.88 Å². The monoisotopic (exact) mass is 337 g/mol. The molecule has 6 nitrogen and oxygen atoms in total. The Morgan fingerprint density at radius 2 is 2.16 bits per heavy atom. The maximum Gasteiger partial charge on any atom is 0.223 e. The number of benzene rings is 1. The lowest BCUT2D eigenvalue weighted by Crippen LogP contribution is -2.23. The van der Waals surface area contributed by atoms with Crippen molar-refractivity contribution in [2.75, 3.05) is 11.9 Å². The molecule has 130 valence electrons. The van der Waals surface area contributed by atoms with Crippen molar-refractivity contribution in [1.82, 2.24) is 20.2 Å². The highest BCUT2D eigenvalue weighted by Gasteiger charge is 2.23. The van der Waals surface area contributed by atoms with Crippen LogP contribution >= 0.6 is 0 Å². The number of fused-ring (bicyclic) bond motifs is 2. The van der Waals surface area contributed by atoms with Gasteiger partial charge in [-0.25, -0.2) is 4.98 Å². The topological polar surface area (TPSA) is 77.7 Å². The van der Waals surface area contributed by atoms with Crippen LogP contribution < -0.4 is 4.90 Å². The number of H-pyrrole nitrogens is 2. The molecule has 0 saturated heterocycles. The standard InChI is InChI=1S/C19H23N5O/c1-10-5-6-14-13(7-10)18(23-22-14)19-20-15-8-11(2)17(9-16(15)21-19)24(4)12(3)25/h8-10H,5-7H2,1-4H3,(H,20,21)(H,22,23). The van der Waals surface area contributed by atoms with Crippen LogP contribution in [0.3, 0.4) is 0 Å². The normalized spacial score (nSPS) is 16.9. The Labute approximate surface area is 146 Å². The van der Waals surface area contributed by atoms with Gasteiger partial charge in [-0.15, -0.1) is 0 Å². The SMILES string of the molecule is CC(=O)N(C)c1cc2nc(-c3n[nH]c4c3CC(C)CC4)[nH]c2cc1C. The predicted molar refractivity (Wildman–Crippen MR) is 98.7 cm³/mol. The molecule has 0 saturated carbocycles. The lowest BCUT2D eigenvalue weighted by molar-refractivity contribution is -0.116. The van der Waals surface area contributed by atoms with Crippen molar-refractivity contribution in [1.29, 1.82) is 0 Å². The van der Waals surface area contributed by atoms with Crippen molar-refractivity contribution >= 4 is 22.6 Å². The lowest BCUT2D eigenvalue weighted by Gasteiger charge is -2.17. The Hall–Kier alpha value is -2.63. The number of hydrogen-bond acceptors (Lipinski definition) is 3. The number of hydrogen-bond donors (Lipinski definition) is 2. The van der Waals surface area contributed by atoms with Gasteiger partial charge in [0, 0.05) is 30.9 Å². The van der Waals surface area contributed by atoms with E-state index in [4.69, 9.17) is 4.98 Å². The fraction of sp³-hybridized carbons (Fsp3) is 0.421. The van der Waals surface area contributed by atoms with Crippen LogP contribution in [0.15, 0.2) is 12.1 Å². The summed E-state index contributed by atoms with van der Waals surface area (Å²) in [5.74, 6) is 1.48. The smallest absolute Gasteiger partial charge is 0.223 e. The molecule has 6 heteroatoms. The van der Waals surface area contributed by atoms with Gasteiger partial charge in [-0.2, -0.15) is 5.10 Å². The number of aromatic nitrogens is 4. The molecule has 0 fully saturated rings. The van der Waals surface area contributed by atoms with Crippen molar-refractivity contribution in [2.24, 2.45) is 5.92 Å². The van der Waals surface area contributed by atoms with E-state index >= 15 is 0 Å². The van der Waals surface area contributed by atoms with Gasteiger partial charge in [-0.05, 0) is 49.8 Å². The maximum absolute atomic E-state index is 11.7. The van der Waals surface area contributed by atoms with E-state index in [9.17, 15) is 4.79 Å². The number of aryl methyl sites for hydroxylation is 2. The van der Waals surface area contributed by atoms with Crippen molar-refractivity contribution in [3.8, 4) is 11.5 Å². The Morgan fingerprint density at radius 3 is 2.92 bits per heavy atom. The molecule has 0 bridgehead atoms. The highest BCUT2D eigenvalue weighted by atomic mass is 16.2. The number of carbonyl (C=O) groups excluding carboxylic acids is 1. The van der Waals surface area contributed by atoms with E-state index in [1.165, 1.54) is 17.7 Å². The van der Waals surface area contributed by atoms with Crippen molar-refractivity contribution in [3.05, 3.63) is 29.0 Å². The first kappa shape index (κ1) is 15.9. The van der Waals surface area contributed by atoms with Crippen molar-refractivity contribution < 1.29 is 4.79 Å². The molecule has 4 rings (SSSR count). The van der Waals surface area contributed by atoms with E-state index in [2.05, 4.69) is 22.1 Å². The number of nitrogens with zero attached hydrogens (tertiary/aromatic N) is 3. The third-order valence-corrected chi connectivity index (χ3v) is 5.25. The number of aromatic amines is 2. The van der Waals surface area contributed by atoms with Crippen LogP contribution in [0.4, 0.5) is 5.69 Å². The van der Waals surface area contributed by atoms with Gasteiger partial charge in [-0.3, -0.25) is 9.89 Å². The highest BCUT2D eigenvalue weighted by Crippen LogP contribution is 2.32. The van der Waals surface area contributed by atoms with Gasteiger partial charge in [0.25, 0.3) is 0 Å². The second kappa shape index (κ2) is 5.72. The minimum atomic E-state index is 0.00793. The maximum atomic E-state index is 11.7. The van der Waals surface area contributed by atoms with Crippen LogP contribution in [0.25, 0.3) is 22.6 Å². The van der Waals surface area contributed by atoms with Gasteiger partial charge in [0.05, 0.1) is 11.0 Å². The molecule has 1 amide bonds. The highest BCUT2D eigenvalue weighted by molar-refractivity contribution is 5.95. The van der Waals surface area contributed by atoms with E-state index in [1.807, 2.05) is 19.1 Å². The first-order valence-corrected chi connectivity index (χ1v) is 8.75. The zero-order chi connectivity index (χ0) is 17.7. The molecule has 2 aromatic heterocycles. The van der Waals surface area contributed by atoms with E-state index in [-0.39, 0.29) is 5.91 Å². The summed E-state index contributed by atoms with van der Waals surface area (Å²) in [5, 5.41) is 7.71. The number of amides is 1. The molecule has 25 heavy (non-hydrogen) atoms. The largest absolute Gasteiger partial charge is 0.337 e. The first-order chi connectivity index (χ1) is 11.9. The molecule has 2 heterocycles. The van der Waals surface area contributed by atoms with Crippen LogP contribution in [0.1, 0.15) is 37.1 Å². The Kier molecular flexibility index (Phi) is 3.63. The summed E-state index contributed by atoms with van der Waals surface area (Å²) in [6.45, 7) is 5.86. The van der Waals surface area contributed by atoms with Crippen LogP contribution in [0, 0.1) is 12.8 Å². The first-order valence-electron chi connectivity index (χ1n) is 8.75. The molecular formula is C19H23N5O. The van der Waals surface area contributed by atoms with E-state index in [0.29, 0.717) is 5.92 Å². The van der Waals surface area contributed by atoms with E-state index in [0.717, 1.165) is 46.6 Å². The number of imidazole rings is 1. The predicted octanol–water partition coefficient (Wildman–Crippen LogP) is 3.37. The average Bonchev–Trinajstić information content (AvgIpc) is 3.15.